The zero-order chi connectivity index (χ0) is 18.0. The Bertz CT molecular complexity index is 739. The van der Waals surface area contributed by atoms with Gasteiger partial charge in [-0.25, -0.2) is 0 Å². The zero-order valence-electron chi connectivity index (χ0n) is 14.0. The van der Waals surface area contributed by atoms with Crippen molar-refractivity contribution in [2.45, 2.75) is 31.2 Å². The van der Waals surface area contributed by atoms with Crippen molar-refractivity contribution < 1.29 is 24.2 Å². The molecular weight excluding hydrogens is 322 g/mol. The van der Waals surface area contributed by atoms with Crippen molar-refractivity contribution in [3.8, 4) is 0 Å². The molecule has 0 bridgehead atoms. The number of aliphatic hydroxyl groups excluding tert-OH is 1. The van der Waals surface area contributed by atoms with Gasteiger partial charge in [0.1, 0.15) is 17.8 Å². The number of fused-ring (bicyclic) bond motifs is 1. The summed E-state index contributed by atoms with van der Waals surface area (Å²) in [5.41, 5.74) is 5.35. The van der Waals surface area contributed by atoms with Crippen LogP contribution in [0.1, 0.15) is 18.4 Å². The minimum absolute atomic E-state index is 0.0895. The highest BCUT2D eigenvalue weighted by Gasteiger charge is 2.55. The van der Waals surface area contributed by atoms with Crippen LogP contribution in [-0.2, 0) is 25.7 Å². The van der Waals surface area contributed by atoms with E-state index in [9.17, 15) is 14.7 Å². The first-order valence-corrected chi connectivity index (χ1v) is 8.14. The average molecular weight is 343 g/mol. The highest BCUT2D eigenvalue weighted by atomic mass is 16.5. The van der Waals surface area contributed by atoms with Gasteiger partial charge in [-0.1, -0.05) is 42.5 Å². The Morgan fingerprint density at radius 3 is 2.68 bits per heavy atom. The summed E-state index contributed by atoms with van der Waals surface area (Å²) in [5, 5.41) is 9.92. The quantitative estimate of drug-likeness (QED) is 0.369. The number of rotatable bonds is 4. The van der Waals surface area contributed by atoms with Crippen molar-refractivity contribution in [2.24, 2.45) is 11.7 Å². The van der Waals surface area contributed by atoms with E-state index in [0.717, 1.165) is 5.56 Å². The van der Waals surface area contributed by atoms with Gasteiger partial charge in [-0.2, -0.15) is 0 Å². The van der Waals surface area contributed by atoms with E-state index in [4.69, 9.17) is 15.2 Å². The number of ketones is 2. The summed E-state index contributed by atoms with van der Waals surface area (Å²) >= 11 is 0. The molecule has 0 heterocycles. The van der Waals surface area contributed by atoms with Crippen LogP contribution in [0.2, 0.25) is 0 Å². The van der Waals surface area contributed by atoms with Gasteiger partial charge in [0.05, 0.1) is 6.10 Å². The number of carbonyl (C=O) groups excluding carboxylic acids is 2. The summed E-state index contributed by atoms with van der Waals surface area (Å²) < 4.78 is 11.0. The van der Waals surface area contributed by atoms with Crippen molar-refractivity contribution in [3.63, 3.8) is 0 Å². The summed E-state index contributed by atoms with van der Waals surface area (Å²) in [7, 11) is 1.41. The molecule has 3 rings (SSSR count). The molecule has 0 spiro atoms. The highest BCUT2D eigenvalue weighted by Crippen LogP contribution is 2.42. The first-order chi connectivity index (χ1) is 12.0. The molecule has 3 atom stereocenters. The predicted molar refractivity (Wildman–Crippen MR) is 90.1 cm³/mol. The average Bonchev–Trinajstić information content (AvgIpc) is 2.61. The lowest BCUT2D eigenvalue weighted by atomic mass is 9.66. The molecule has 0 saturated heterocycles. The lowest BCUT2D eigenvalue weighted by Crippen LogP contribution is -2.56. The van der Waals surface area contributed by atoms with E-state index in [1.54, 1.807) is 12.2 Å². The van der Waals surface area contributed by atoms with Crippen molar-refractivity contribution in [1.82, 2.24) is 0 Å². The molecule has 2 aliphatic carbocycles. The molecule has 1 aromatic rings. The number of ether oxygens (including phenoxy) is 2. The molecule has 1 saturated carbocycles. The van der Waals surface area contributed by atoms with Gasteiger partial charge in [-0.05, 0) is 5.56 Å². The normalized spacial score (nSPS) is 30.8. The molecule has 1 aromatic carbocycles. The molecule has 1 fully saturated rings. The Morgan fingerprint density at radius 2 is 2.00 bits per heavy atom. The van der Waals surface area contributed by atoms with Crippen LogP contribution in [0.5, 0.6) is 0 Å². The van der Waals surface area contributed by atoms with Gasteiger partial charge in [0.15, 0.2) is 11.7 Å². The number of aliphatic hydroxyl groups is 1. The van der Waals surface area contributed by atoms with Crippen LogP contribution in [0.15, 0.2) is 53.9 Å². The Morgan fingerprint density at radius 1 is 1.28 bits per heavy atom. The minimum atomic E-state index is -1.28. The SMILES string of the molecule is CO[C@]12C[C@H](O)C=CC1CC(=O)C(=C(N)OCc1ccccc1)C2=O. The van der Waals surface area contributed by atoms with Gasteiger partial charge < -0.3 is 20.3 Å². The van der Waals surface area contributed by atoms with Crippen LogP contribution in [0.4, 0.5) is 0 Å². The molecular formula is C19H21NO5. The Labute approximate surface area is 145 Å². The number of carbonyl (C=O) groups is 2. The second-order valence-corrected chi connectivity index (χ2v) is 6.33. The third kappa shape index (κ3) is 3.10. The maximum absolute atomic E-state index is 13.0. The Hall–Kier alpha value is -2.44. The van der Waals surface area contributed by atoms with Crippen LogP contribution < -0.4 is 5.73 Å². The minimum Gasteiger partial charge on any atom is -0.474 e. The van der Waals surface area contributed by atoms with Gasteiger partial charge in [0, 0.05) is 25.9 Å². The first-order valence-electron chi connectivity index (χ1n) is 8.14. The van der Waals surface area contributed by atoms with Gasteiger partial charge in [0.25, 0.3) is 0 Å². The van der Waals surface area contributed by atoms with E-state index >= 15 is 0 Å². The van der Waals surface area contributed by atoms with E-state index < -0.39 is 23.4 Å². The summed E-state index contributed by atoms with van der Waals surface area (Å²) in [4.78, 5) is 25.5. The predicted octanol–water partition coefficient (Wildman–Crippen LogP) is 1.24. The second kappa shape index (κ2) is 6.82. The smallest absolute Gasteiger partial charge is 0.204 e. The molecule has 6 heteroatoms. The molecule has 1 unspecified atom stereocenters. The Kier molecular flexibility index (Phi) is 4.74. The summed E-state index contributed by atoms with van der Waals surface area (Å²) in [6, 6.07) is 9.32. The molecule has 0 amide bonds. The third-order valence-electron chi connectivity index (χ3n) is 4.82. The molecule has 2 aliphatic rings. The highest BCUT2D eigenvalue weighted by molar-refractivity contribution is 6.25. The van der Waals surface area contributed by atoms with Gasteiger partial charge in [-0.3, -0.25) is 9.59 Å². The number of hydrogen-bond donors (Lipinski definition) is 2. The van der Waals surface area contributed by atoms with Gasteiger partial charge in [0.2, 0.25) is 5.78 Å². The van der Waals surface area contributed by atoms with Crippen molar-refractivity contribution in [2.75, 3.05) is 7.11 Å². The monoisotopic (exact) mass is 343 g/mol. The number of Topliss-reactive ketones (excluding diaryl/α,β-unsaturated/α-hetero) is 2. The summed E-state index contributed by atoms with van der Waals surface area (Å²) in [5.74, 6) is -1.50. The largest absolute Gasteiger partial charge is 0.474 e. The van der Waals surface area contributed by atoms with Crippen molar-refractivity contribution in [3.05, 3.63) is 59.5 Å². The standard InChI is InChI=1S/C19H21NO5/c1-24-19-10-14(21)8-7-13(19)9-15(22)16(17(19)23)18(20)25-11-12-5-3-2-4-6-12/h2-8,13-14,21H,9-11,20H2,1H3/t13?,14-,19-/m1/s1. The zero-order valence-corrected chi connectivity index (χ0v) is 14.0. The lowest BCUT2D eigenvalue weighted by molar-refractivity contribution is -0.154. The molecule has 0 aromatic heterocycles. The molecule has 0 radical (unpaired) electrons. The van der Waals surface area contributed by atoms with Gasteiger partial charge in [-0.15, -0.1) is 0 Å². The van der Waals surface area contributed by atoms with Crippen LogP contribution in [0.25, 0.3) is 0 Å². The maximum atomic E-state index is 13.0. The Balaban J connectivity index is 1.89. The fourth-order valence-electron chi connectivity index (χ4n) is 3.47. The van der Waals surface area contributed by atoms with Crippen LogP contribution in [0, 0.1) is 5.92 Å². The summed E-state index contributed by atoms with van der Waals surface area (Å²) in [6.45, 7) is 0.155. The van der Waals surface area contributed by atoms with E-state index in [1.165, 1.54) is 7.11 Å². The molecule has 0 aliphatic heterocycles. The van der Waals surface area contributed by atoms with E-state index in [1.807, 2.05) is 30.3 Å². The second-order valence-electron chi connectivity index (χ2n) is 6.33. The number of nitrogens with two attached hydrogens (primary N) is 1. The van der Waals surface area contributed by atoms with E-state index in [0.29, 0.717) is 0 Å². The summed E-state index contributed by atoms with van der Waals surface area (Å²) in [6.07, 6.45) is 2.64. The fourth-order valence-corrected chi connectivity index (χ4v) is 3.47. The van der Waals surface area contributed by atoms with E-state index in [-0.39, 0.29) is 36.7 Å². The van der Waals surface area contributed by atoms with E-state index in [2.05, 4.69) is 0 Å². The number of methoxy groups -OCH3 is 1. The topological polar surface area (TPSA) is 98.8 Å². The van der Waals surface area contributed by atoms with Crippen LogP contribution in [-0.4, -0.2) is 35.5 Å². The molecule has 6 nitrogen and oxygen atoms in total. The third-order valence-corrected chi connectivity index (χ3v) is 4.82. The fraction of sp³-hybridized carbons (Fsp3) is 0.368. The maximum Gasteiger partial charge on any atom is 0.204 e. The van der Waals surface area contributed by atoms with Crippen LogP contribution >= 0.6 is 0 Å². The molecule has 25 heavy (non-hydrogen) atoms. The molecule has 132 valence electrons. The van der Waals surface area contributed by atoms with Crippen molar-refractivity contribution in [1.29, 1.82) is 0 Å². The lowest BCUT2D eigenvalue weighted by Gasteiger charge is -2.43. The number of benzene rings is 1. The van der Waals surface area contributed by atoms with Crippen molar-refractivity contribution >= 4 is 11.6 Å². The molecule has 3 N–H and O–H groups in total. The first kappa shape index (κ1) is 17.4. The van der Waals surface area contributed by atoms with Crippen LogP contribution in [0.3, 0.4) is 0 Å². The van der Waals surface area contributed by atoms with Gasteiger partial charge >= 0.3 is 0 Å². The number of hydrogen-bond acceptors (Lipinski definition) is 6.